The summed E-state index contributed by atoms with van der Waals surface area (Å²) in [5.74, 6) is -0.686. The number of hydrogen-bond acceptors (Lipinski definition) is 6. The third-order valence-corrected chi connectivity index (χ3v) is 9.06. The van der Waals surface area contributed by atoms with Gasteiger partial charge in [0, 0.05) is 31.1 Å². The van der Waals surface area contributed by atoms with Crippen LogP contribution in [0.15, 0.2) is 29.2 Å². The van der Waals surface area contributed by atoms with Gasteiger partial charge < -0.3 is 5.32 Å². The minimum atomic E-state index is -3.69. The molecule has 1 aromatic carbocycles. The lowest BCUT2D eigenvalue weighted by Crippen LogP contribution is -2.50. The molecule has 32 heavy (non-hydrogen) atoms. The zero-order valence-electron chi connectivity index (χ0n) is 17.6. The van der Waals surface area contributed by atoms with Gasteiger partial charge in [-0.05, 0) is 55.5 Å². The highest BCUT2D eigenvalue weighted by Gasteiger charge is 2.29. The predicted octanol–water partition coefficient (Wildman–Crippen LogP) is 2.97. The first kappa shape index (κ1) is 22.9. The second kappa shape index (κ2) is 9.67. The van der Waals surface area contributed by atoms with Gasteiger partial charge in [-0.15, -0.1) is 11.3 Å². The molecular formula is C22H25FN4O3S2. The van der Waals surface area contributed by atoms with Crippen LogP contribution in [-0.2, 0) is 27.7 Å². The maximum Gasteiger partial charge on any atom is 0.243 e. The van der Waals surface area contributed by atoms with Crippen molar-refractivity contribution in [2.24, 2.45) is 0 Å². The van der Waals surface area contributed by atoms with E-state index in [1.54, 1.807) is 0 Å². The zero-order valence-corrected chi connectivity index (χ0v) is 19.3. The van der Waals surface area contributed by atoms with Crippen molar-refractivity contribution in [1.29, 1.82) is 5.26 Å². The number of nitrogens with zero attached hydrogens (tertiary/aromatic N) is 3. The van der Waals surface area contributed by atoms with Crippen molar-refractivity contribution >= 4 is 32.3 Å². The normalized spacial score (nSPS) is 17.9. The molecule has 2 aliphatic rings. The second-order valence-electron chi connectivity index (χ2n) is 8.06. The lowest BCUT2D eigenvalue weighted by Gasteiger charge is -2.33. The molecule has 0 spiro atoms. The molecule has 2 heterocycles. The molecule has 1 N–H and O–H groups in total. The average molecular weight is 477 g/mol. The molecule has 170 valence electrons. The first-order valence-corrected chi connectivity index (χ1v) is 13.0. The van der Waals surface area contributed by atoms with Crippen LogP contribution in [0.25, 0.3) is 0 Å². The van der Waals surface area contributed by atoms with E-state index in [4.69, 9.17) is 0 Å². The molecular weight excluding hydrogens is 451 g/mol. The van der Waals surface area contributed by atoms with Gasteiger partial charge in [-0.1, -0.05) is 6.42 Å². The van der Waals surface area contributed by atoms with E-state index in [1.165, 1.54) is 32.7 Å². The number of carbonyl (C=O) groups excluding carboxylic acids is 1. The first-order chi connectivity index (χ1) is 15.4. The smallest absolute Gasteiger partial charge is 0.243 e. The number of nitrogens with one attached hydrogen (secondary N) is 1. The van der Waals surface area contributed by atoms with Crippen LogP contribution in [0.4, 0.5) is 9.39 Å². The summed E-state index contributed by atoms with van der Waals surface area (Å²) in [6.07, 6.45) is 5.18. The van der Waals surface area contributed by atoms with E-state index in [-0.39, 0.29) is 30.4 Å². The van der Waals surface area contributed by atoms with Crippen LogP contribution in [0.2, 0.25) is 0 Å². The van der Waals surface area contributed by atoms with Crippen LogP contribution in [0, 0.1) is 17.1 Å². The number of fused-ring (bicyclic) bond motifs is 1. The summed E-state index contributed by atoms with van der Waals surface area (Å²) in [6, 6.07) is 7.06. The van der Waals surface area contributed by atoms with Crippen LogP contribution < -0.4 is 5.32 Å². The van der Waals surface area contributed by atoms with Crippen molar-refractivity contribution in [3.8, 4) is 6.07 Å². The Bertz CT molecular complexity index is 1130. The van der Waals surface area contributed by atoms with Gasteiger partial charge in [0.1, 0.15) is 16.9 Å². The molecule has 0 bridgehead atoms. The largest absolute Gasteiger partial charge is 0.315 e. The predicted molar refractivity (Wildman–Crippen MR) is 121 cm³/mol. The number of nitriles is 1. The molecule has 1 aromatic heterocycles. The Morgan fingerprint density at radius 3 is 2.47 bits per heavy atom. The van der Waals surface area contributed by atoms with Crippen molar-refractivity contribution < 1.29 is 17.6 Å². The van der Waals surface area contributed by atoms with Gasteiger partial charge in [0.25, 0.3) is 0 Å². The molecule has 1 saturated heterocycles. The Hall–Kier alpha value is -2.32. The number of halogens is 1. The van der Waals surface area contributed by atoms with E-state index in [1.807, 2.05) is 4.90 Å². The molecule has 0 unspecified atom stereocenters. The highest BCUT2D eigenvalue weighted by molar-refractivity contribution is 7.89. The van der Waals surface area contributed by atoms with E-state index >= 15 is 0 Å². The van der Waals surface area contributed by atoms with Crippen molar-refractivity contribution in [2.45, 2.75) is 37.0 Å². The molecule has 1 amide bonds. The van der Waals surface area contributed by atoms with Gasteiger partial charge in [-0.2, -0.15) is 9.57 Å². The van der Waals surface area contributed by atoms with Crippen molar-refractivity contribution in [2.75, 3.05) is 38.0 Å². The van der Waals surface area contributed by atoms with E-state index in [0.29, 0.717) is 23.7 Å². The molecule has 1 aliphatic carbocycles. The monoisotopic (exact) mass is 476 g/mol. The third-order valence-electron chi connectivity index (χ3n) is 5.94. The summed E-state index contributed by atoms with van der Waals surface area (Å²) in [5.41, 5.74) is 1.68. The fraction of sp³-hybridized carbons (Fsp3) is 0.455. The SMILES string of the molecule is N#Cc1c(NC(=O)CN2CCN(S(=O)(=O)c3ccc(F)cc3)CC2)sc2c1CCCCC2. The quantitative estimate of drug-likeness (QED) is 0.670. The molecule has 7 nitrogen and oxygen atoms in total. The molecule has 0 radical (unpaired) electrons. The van der Waals surface area contributed by atoms with Crippen molar-refractivity contribution in [1.82, 2.24) is 9.21 Å². The van der Waals surface area contributed by atoms with E-state index in [0.717, 1.165) is 49.8 Å². The van der Waals surface area contributed by atoms with Crippen LogP contribution in [-0.4, -0.2) is 56.3 Å². The summed E-state index contributed by atoms with van der Waals surface area (Å²) in [4.78, 5) is 15.8. The standard InChI is InChI=1S/C22H25FN4O3S2/c23-16-6-8-17(9-7-16)32(29,30)27-12-10-26(11-13-27)15-21(28)25-22-19(14-24)18-4-2-1-3-5-20(18)31-22/h6-9H,1-5,10-13,15H2,(H,25,28). The van der Waals surface area contributed by atoms with Gasteiger partial charge in [0.05, 0.1) is 17.0 Å². The number of sulfonamides is 1. The summed E-state index contributed by atoms with van der Waals surface area (Å²) >= 11 is 1.51. The number of piperazine rings is 1. The van der Waals surface area contributed by atoms with E-state index in [9.17, 15) is 22.9 Å². The Morgan fingerprint density at radius 2 is 1.78 bits per heavy atom. The Morgan fingerprint density at radius 1 is 1.09 bits per heavy atom. The third kappa shape index (κ3) is 4.86. The Kier molecular flexibility index (Phi) is 6.90. The number of rotatable bonds is 5. The highest BCUT2D eigenvalue weighted by atomic mass is 32.2. The number of amides is 1. The van der Waals surface area contributed by atoms with Gasteiger partial charge in [-0.3, -0.25) is 9.69 Å². The van der Waals surface area contributed by atoms with Gasteiger partial charge in [-0.25, -0.2) is 12.8 Å². The molecule has 0 atom stereocenters. The number of thiophene rings is 1. The fourth-order valence-corrected chi connectivity index (χ4v) is 6.88. The lowest BCUT2D eigenvalue weighted by atomic mass is 10.1. The van der Waals surface area contributed by atoms with Crippen LogP contribution in [0.1, 0.15) is 35.3 Å². The Balaban J connectivity index is 1.34. The molecule has 2 aromatic rings. The number of anilines is 1. The number of carbonyl (C=O) groups is 1. The summed E-state index contributed by atoms with van der Waals surface area (Å²) in [5, 5.41) is 13.1. The molecule has 1 aliphatic heterocycles. The zero-order chi connectivity index (χ0) is 22.7. The Labute approximate surface area is 191 Å². The number of aryl methyl sites for hydroxylation is 1. The molecule has 0 saturated carbocycles. The maximum atomic E-state index is 13.1. The molecule has 10 heteroatoms. The molecule has 1 fully saturated rings. The summed E-state index contributed by atoms with van der Waals surface area (Å²) in [7, 11) is -3.69. The topological polar surface area (TPSA) is 93.5 Å². The number of hydrogen-bond donors (Lipinski definition) is 1. The van der Waals surface area contributed by atoms with Crippen LogP contribution >= 0.6 is 11.3 Å². The minimum Gasteiger partial charge on any atom is -0.315 e. The van der Waals surface area contributed by atoms with Gasteiger partial charge in [0.15, 0.2) is 0 Å². The summed E-state index contributed by atoms with van der Waals surface area (Å²) < 4.78 is 39.9. The highest BCUT2D eigenvalue weighted by Crippen LogP contribution is 2.37. The van der Waals surface area contributed by atoms with E-state index in [2.05, 4.69) is 11.4 Å². The minimum absolute atomic E-state index is 0.0617. The lowest BCUT2D eigenvalue weighted by molar-refractivity contribution is -0.117. The molecule has 4 rings (SSSR count). The first-order valence-electron chi connectivity index (χ1n) is 10.7. The second-order valence-corrected chi connectivity index (χ2v) is 11.1. The van der Waals surface area contributed by atoms with Gasteiger partial charge in [0.2, 0.25) is 15.9 Å². The number of benzene rings is 1. The van der Waals surface area contributed by atoms with Crippen LogP contribution in [0.5, 0.6) is 0 Å². The average Bonchev–Trinajstić information content (AvgIpc) is 2.93. The summed E-state index contributed by atoms with van der Waals surface area (Å²) in [6.45, 7) is 1.48. The van der Waals surface area contributed by atoms with Gasteiger partial charge >= 0.3 is 0 Å². The fourth-order valence-electron chi connectivity index (χ4n) is 4.20. The van der Waals surface area contributed by atoms with E-state index < -0.39 is 15.8 Å². The van der Waals surface area contributed by atoms with Crippen molar-refractivity contribution in [3.63, 3.8) is 0 Å². The maximum absolute atomic E-state index is 13.1. The van der Waals surface area contributed by atoms with Crippen molar-refractivity contribution in [3.05, 3.63) is 46.1 Å². The van der Waals surface area contributed by atoms with Crippen LogP contribution in [0.3, 0.4) is 0 Å².